The monoisotopic (exact) mass is 337 g/mol. The molecule has 2 aromatic rings. The minimum Gasteiger partial charge on any atom is -0.381 e. The summed E-state index contributed by atoms with van der Waals surface area (Å²) in [6, 6.07) is 16.8. The summed E-state index contributed by atoms with van der Waals surface area (Å²) in [5.74, 6) is 0. The standard InChI is InChI=1S/C16H17BrClN/c1-12(7-8-13-5-3-2-4-6-13)19-16-10-9-14(17)11-15(16)18/h2-6,9-12,19H,7-8H2,1H3. The van der Waals surface area contributed by atoms with Crippen LogP contribution in [0.2, 0.25) is 5.02 Å². The van der Waals surface area contributed by atoms with Gasteiger partial charge >= 0.3 is 0 Å². The molecule has 0 radical (unpaired) electrons. The smallest absolute Gasteiger partial charge is 0.0648 e. The number of hydrogen-bond acceptors (Lipinski definition) is 1. The zero-order valence-corrected chi connectivity index (χ0v) is 13.2. The summed E-state index contributed by atoms with van der Waals surface area (Å²) in [6.07, 6.45) is 2.15. The average molecular weight is 339 g/mol. The Kier molecular flexibility index (Phi) is 5.29. The molecule has 19 heavy (non-hydrogen) atoms. The Balaban J connectivity index is 1.89. The van der Waals surface area contributed by atoms with Crippen molar-refractivity contribution in [1.29, 1.82) is 0 Å². The zero-order valence-electron chi connectivity index (χ0n) is 10.9. The molecular formula is C16H17BrClN. The lowest BCUT2D eigenvalue weighted by molar-refractivity contribution is 0.706. The van der Waals surface area contributed by atoms with Crippen molar-refractivity contribution in [3.05, 3.63) is 63.6 Å². The van der Waals surface area contributed by atoms with Gasteiger partial charge in [-0.15, -0.1) is 0 Å². The van der Waals surface area contributed by atoms with Gasteiger partial charge in [0.05, 0.1) is 10.7 Å². The lowest BCUT2D eigenvalue weighted by atomic mass is 10.1. The molecule has 2 aromatic carbocycles. The van der Waals surface area contributed by atoms with E-state index in [9.17, 15) is 0 Å². The molecule has 3 heteroatoms. The van der Waals surface area contributed by atoms with E-state index >= 15 is 0 Å². The zero-order chi connectivity index (χ0) is 13.7. The van der Waals surface area contributed by atoms with Crippen molar-refractivity contribution < 1.29 is 0 Å². The molecule has 0 aliphatic carbocycles. The third kappa shape index (κ3) is 4.55. The van der Waals surface area contributed by atoms with Gasteiger partial charge in [-0.25, -0.2) is 0 Å². The first kappa shape index (κ1) is 14.4. The number of nitrogens with one attached hydrogen (secondary N) is 1. The third-order valence-electron chi connectivity index (χ3n) is 3.04. The van der Waals surface area contributed by atoms with Crippen LogP contribution < -0.4 is 5.32 Å². The van der Waals surface area contributed by atoms with Gasteiger partial charge in [-0.05, 0) is 43.5 Å². The Morgan fingerprint density at radius 2 is 1.89 bits per heavy atom. The van der Waals surface area contributed by atoms with Crippen LogP contribution in [0.4, 0.5) is 5.69 Å². The first-order chi connectivity index (χ1) is 9.15. The first-order valence-corrected chi connectivity index (χ1v) is 7.58. The van der Waals surface area contributed by atoms with Crippen molar-refractivity contribution in [3.8, 4) is 0 Å². The molecule has 0 fully saturated rings. The van der Waals surface area contributed by atoms with Crippen LogP contribution in [-0.4, -0.2) is 6.04 Å². The third-order valence-corrected chi connectivity index (χ3v) is 3.85. The highest BCUT2D eigenvalue weighted by Gasteiger charge is 2.06. The van der Waals surface area contributed by atoms with Crippen molar-refractivity contribution in [1.82, 2.24) is 0 Å². The number of hydrogen-bond donors (Lipinski definition) is 1. The minimum absolute atomic E-state index is 0.388. The van der Waals surface area contributed by atoms with Gasteiger partial charge in [0.2, 0.25) is 0 Å². The highest BCUT2D eigenvalue weighted by atomic mass is 79.9. The summed E-state index contributed by atoms with van der Waals surface area (Å²) in [6.45, 7) is 2.18. The fourth-order valence-electron chi connectivity index (χ4n) is 1.97. The van der Waals surface area contributed by atoms with E-state index in [1.807, 2.05) is 24.3 Å². The molecule has 0 aromatic heterocycles. The average Bonchev–Trinajstić information content (AvgIpc) is 2.41. The van der Waals surface area contributed by atoms with Crippen LogP contribution >= 0.6 is 27.5 Å². The summed E-state index contributed by atoms with van der Waals surface area (Å²) in [7, 11) is 0. The Labute approximate surface area is 128 Å². The van der Waals surface area contributed by atoms with E-state index in [1.165, 1.54) is 5.56 Å². The molecule has 0 heterocycles. The molecule has 0 aliphatic heterocycles. The lowest BCUT2D eigenvalue weighted by Crippen LogP contribution is -2.16. The van der Waals surface area contributed by atoms with Crippen molar-refractivity contribution in [2.45, 2.75) is 25.8 Å². The largest absolute Gasteiger partial charge is 0.381 e. The number of rotatable bonds is 5. The lowest BCUT2D eigenvalue weighted by Gasteiger charge is -2.16. The van der Waals surface area contributed by atoms with Crippen LogP contribution in [0.5, 0.6) is 0 Å². The summed E-state index contributed by atoms with van der Waals surface area (Å²) < 4.78 is 1.000. The molecule has 2 rings (SSSR count). The van der Waals surface area contributed by atoms with Crippen LogP contribution in [0.25, 0.3) is 0 Å². The van der Waals surface area contributed by atoms with E-state index in [1.54, 1.807) is 0 Å². The SMILES string of the molecule is CC(CCc1ccccc1)Nc1ccc(Br)cc1Cl. The molecule has 1 atom stereocenters. The fourth-order valence-corrected chi connectivity index (χ4v) is 2.70. The molecule has 0 amide bonds. The summed E-state index contributed by atoms with van der Waals surface area (Å²) in [5.41, 5.74) is 2.36. The van der Waals surface area contributed by atoms with Crippen LogP contribution in [0.1, 0.15) is 18.9 Å². The van der Waals surface area contributed by atoms with E-state index in [0.29, 0.717) is 6.04 Å². The van der Waals surface area contributed by atoms with E-state index in [-0.39, 0.29) is 0 Å². The van der Waals surface area contributed by atoms with E-state index in [0.717, 1.165) is 28.0 Å². The Morgan fingerprint density at radius 1 is 1.16 bits per heavy atom. The summed E-state index contributed by atoms with van der Waals surface area (Å²) in [5, 5.41) is 4.21. The van der Waals surface area contributed by atoms with Crippen LogP contribution in [0.15, 0.2) is 53.0 Å². The molecule has 1 N–H and O–H groups in total. The van der Waals surface area contributed by atoms with Gasteiger partial charge in [0.1, 0.15) is 0 Å². The second-order valence-electron chi connectivity index (χ2n) is 4.69. The summed E-state index contributed by atoms with van der Waals surface area (Å²) >= 11 is 9.61. The molecule has 0 spiro atoms. The minimum atomic E-state index is 0.388. The number of benzene rings is 2. The predicted molar refractivity (Wildman–Crippen MR) is 87.0 cm³/mol. The first-order valence-electron chi connectivity index (χ1n) is 6.40. The maximum Gasteiger partial charge on any atom is 0.0648 e. The Hall–Kier alpha value is -0.990. The quantitative estimate of drug-likeness (QED) is 0.755. The number of anilines is 1. The molecular weight excluding hydrogens is 322 g/mol. The van der Waals surface area contributed by atoms with Crippen molar-refractivity contribution in [2.75, 3.05) is 5.32 Å². The normalized spacial score (nSPS) is 12.2. The van der Waals surface area contributed by atoms with Gasteiger partial charge in [0.15, 0.2) is 0 Å². The highest BCUT2D eigenvalue weighted by molar-refractivity contribution is 9.10. The van der Waals surface area contributed by atoms with Gasteiger partial charge in [0.25, 0.3) is 0 Å². The van der Waals surface area contributed by atoms with Gasteiger partial charge in [-0.3, -0.25) is 0 Å². The predicted octanol–water partition coefficient (Wildman–Crippen LogP) is 5.54. The van der Waals surface area contributed by atoms with Gasteiger partial charge in [-0.1, -0.05) is 57.9 Å². The molecule has 0 saturated heterocycles. The van der Waals surface area contributed by atoms with Crippen LogP contribution in [0, 0.1) is 0 Å². The van der Waals surface area contributed by atoms with E-state index in [2.05, 4.69) is 52.4 Å². The Morgan fingerprint density at radius 3 is 2.58 bits per heavy atom. The van der Waals surface area contributed by atoms with Gasteiger partial charge < -0.3 is 5.32 Å². The molecule has 0 aliphatic rings. The molecule has 0 bridgehead atoms. The second kappa shape index (κ2) is 6.97. The van der Waals surface area contributed by atoms with Crippen LogP contribution in [0.3, 0.4) is 0 Å². The maximum atomic E-state index is 6.20. The maximum absolute atomic E-state index is 6.20. The number of aryl methyl sites for hydroxylation is 1. The van der Waals surface area contributed by atoms with Crippen molar-refractivity contribution in [3.63, 3.8) is 0 Å². The Bertz CT molecular complexity index is 528. The van der Waals surface area contributed by atoms with E-state index < -0.39 is 0 Å². The van der Waals surface area contributed by atoms with Crippen molar-refractivity contribution in [2.24, 2.45) is 0 Å². The number of halogens is 2. The van der Waals surface area contributed by atoms with E-state index in [4.69, 9.17) is 11.6 Å². The summed E-state index contributed by atoms with van der Waals surface area (Å²) in [4.78, 5) is 0. The topological polar surface area (TPSA) is 12.0 Å². The van der Waals surface area contributed by atoms with Gasteiger partial charge in [0, 0.05) is 10.5 Å². The van der Waals surface area contributed by atoms with Gasteiger partial charge in [-0.2, -0.15) is 0 Å². The van der Waals surface area contributed by atoms with Crippen molar-refractivity contribution >= 4 is 33.2 Å². The fraction of sp³-hybridized carbons (Fsp3) is 0.250. The molecule has 1 nitrogen and oxygen atoms in total. The molecule has 100 valence electrons. The highest BCUT2D eigenvalue weighted by Crippen LogP contribution is 2.26. The second-order valence-corrected chi connectivity index (χ2v) is 6.02. The van der Waals surface area contributed by atoms with Crippen LogP contribution in [-0.2, 0) is 6.42 Å². The molecule has 0 saturated carbocycles. The molecule has 1 unspecified atom stereocenters.